The molecular weight excluding hydrogens is 172 g/mol. The lowest BCUT2D eigenvalue weighted by Gasteiger charge is -1.64. The molecule has 0 bridgehead atoms. The summed E-state index contributed by atoms with van der Waals surface area (Å²) in [4.78, 5) is 0. The normalized spacial score (nSPS) is 8.57. The fourth-order valence-corrected chi connectivity index (χ4v) is 0.133. The predicted octanol–water partition coefficient (Wildman–Crippen LogP) is 4.72. The fraction of sp³-hybridized carbons (Fsp3) is 0.667. The first kappa shape index (κ1) is 23.2. The van der Waals surface area contributed by atoms with Crippen molar-refractivity contribution in [1.29, 1.82) is 0 Å². The summed E-state index contributed by atoms with van der Waals surface area (Å²) in [6, 6.07) is 0. The van der Waals surface area contributed by atoms with Crippen molar-refractivity contribution in [3.63, 3.8) is 0 Å². The molecular formula is C12H28N2. The predicted molar refractivity (Wildman–Crippen MR) is 71.5 cm³/mol. The smallest absolute Gasteiger partial charge is 0.0239 e. The maximum Gasteiger partial charge on any atom is 0.0239 e. The van der Waals surface area contributed by atoms with Crippen molar-refractivity contribution >= 4 is 12.4 Å². The molecule has 0 N–H and O–H groups in total. The minimum Gasteiger partial charge on any atom is -0.164 e. The van der Waals surface area contributed by atoms with Crippen LogP contribution in [0.5, 0.6) is 0 Å². The van der Waals surface area contributed by atoms with Crippen LogP contribution in [0.25, 0.3) is 0 Å². The molecule has 0 aliphatic carbocycles. The van der Waals surface area contributed by atoms with Gasteiger partial charge in [0.1, 0.15) is 0 Å². The molecule has 14 heavy (non-hydrogen) atoms. The summed E-state index contributed by atoms with van der Waals surface area (Å²) < 4.78 is 0. The molecule has 0 spiro atoms. The molecule has 0 unspecified atom stereocenters. The molecule has 0 aliphatic rings. The molecule has 0 radical (unpaired) electrons. The highest BCUT2D eigenvalue weighted by Crippen LogP contribution is 1.61. The highest BCUT2D eigenvalue weighted by atomic mass is 15.2. The van der Waals surface area contributed by atoms with Crippen molar-refractivity contribution < 1.29 is 0 Å². The van der Waals surface area contributed by atoms with Crippen LogP contribution in [0.2, 0.25) is 0 Å². The fourth-order valence-electron chi connectivity index (χ4n) is 0.133. The molecule has 0 fully saturated rings. The second kappa shape index (κ2) is 57.5. The zero-order chi connectivity index (χ0) is 12.2. The lowest BCUT2D eigenvalue weighted by Crippen LogP contribution is -1.55. The molecule has 0 heterocycles. The molecule has 0 aliphatic heterocycles. The number of rotatable bonds is 1. The van der Waals surface area contributed by atoms with Gasteiger partial charge in [0.25, 0.3) is 0 Å². The Hall–Kier alpha value is -0.920. The molecule has 0 aromatic heterocycles. The molecule has 0 amide bonds. The van der Waals surface area contributed by atoms with Crippen LogP contribution in [0.3, 0.4) is 0 Å². The van der Waals surface area contributed by atoms with Gasteiger partial charge in [-0.2, -0.15) is 10.2 Å². The highest BCUT2D eigenvalue weighted by molar-refractivity contribution is 5.57. The molecule has 2 nitrogen and oxygen atoms in total. The van der Waals surface area contributed by atoms with Crippen LogP contribution >= 0.6 is 0 Å². The van der Waals surface area contributed by atoms with E-state index in [1.54, 1.807) is 12.4 Å². The molecule has 0 saturated heterocycles. The average molecular weight is 200 g/mol. The van der Waals surface area contributed by atoms with Gasteiger partial charge in [0.2, 0.25) is 0 Å². The van der Waals surface area contributed by atoms with E-state index in [2.05, 4.69) is 10.2 Å². The zero-order valence-corrected chi connectivity index (χ0v) is 11.2. The standard InChI is InChI=1S/C4H8N2.C4H8.2C2H6/c1-3-5-6-4-2;1-3-4-2;2*1-2/h3-4H,1-2H3;3-4H,1-2H3;2*1-2H3/b5-3-,6-4-;4-3-;;. The van der Waals surface area contributed by atoms with E-state index in [0.717, 1.165) is 0 Å². The molecule has 0 rings (SSSR count). The van der Waals surface area contributed by atoms with E-state index in [9.17, 15) is 0 Å². The van der Waals surface area contributed by atoms with E-state index >= 15 is 0 Å². The van der Waals surface area contributed by atoms with Crippen molar-refractivity contribution in [3.05, 3.63) is 12.2 Å². The summed E-state index contributed by atoms with van der Waals surface area (Å²) in [5, 5.41) is 7.07. The summed E-state index contributed by atoms with van der Waals surface area (Å²) >= 11 is 0. The van der Waals surface area contributed by atoms with E-state index in [1.165, 1.54) is 0 Å². The molecule has 0 aromatic carbocycles. The second-order valence-electron chi connectivity index (χ2n) is 1.41. The van der Waals surface area contributed by atoms with Gasteiger partial charge >= 0.3 is 0 Å². The van der Waals surface area contributed by atoms with Crippen LogP contribution in [0, 0.1) is 0 Å². The third kappa shape index (κ3) is 119. The van der Waals surface area contributed by atoms with E-state index in [1.807, 2.05) is 67.5 Å². The van der Waals surface area contributed by atoms with Crippen molar-refractivity contribution in [3.8, 4) is 0 Å². The summed E-state index contributed by atoms with van der Waals surface area (Å²) in [5.41, 5.74) is 0. The Kier molecular flexibility index (Phi) is 95.0. The van der Waals surface area contributed by atoms with Crippen LogP contribution in [0.1, 0.15) is 55.4 Å². The summed E-state index contributed by atoms with van der Waals surface area (Å²) in [6.45, 7) is 15.7. The van der Waals surface area contributed by atoms with Gasteiger partial charge in [-0.25, -0.2) is 0 Å². The highest BCUT2D eigenvalue weighted by Gasteiger charge is 1.48. The Morgan fingerprint density at radius 2 is 0.786 bits per heavy atom. The number of nitrogens with zero attached hydrogens (tertiary/aromatic N) is 2. The van der Waals surface area contributed by atoms with Crippen LogP contribution in [0.15, 0.2) is 22.4 Å². The van der Waals surface area contributed by atoms with Gasteiger partial charge in [0.15, 0.2) is 0 Å². The molecule has 0 saturated carbocycles. The zero-order valence-electron chi connectivity index (χ0n) is 11.2. The Morgan fingerprint density at radius 1 is 0.571 bits per heavy atom. The van der Waals surface area contributed by atoms with Crippen LogP contribution in [-0.2, 0) is 0 Å². The maximum absolute atomic E-state index is 3.53. The van der Waals surface area contributed by atoms with Gasteiger partial charge in [-0.3, -0.25) is 0 Å². The first-order valence-corrected chi connectivity index (χ1v) is 5.36. The summed E-state index contributed by atoms with van der Waals surface area (Å²) in [7, 11) is 0. The van der Waals surface area contributed by atoms with Crippen molar-refractivity contribution in [1.82, 2.24) is 0 Å². The number of hydrogen-bond acceptors (Lipinski definition) is 2. The van der Waals surface area contributed by atoms with Gasteiger partial charge < -0.3 is 0 Å². The molecule has 2 heteroatoms. The maximum atomic E-state index is 3.53. The van der Waals surface area contributed by atoms with Gasteiger partial charge in [0, 0.05) is 12.4 Å². The average Bonchev–Trinajstić information content (AvgIpc) is 2.32. The summed E-state index contributed by atoms with van der Waals surface area (Å²) in [6.07, 6.45) is 7.28. The monoisotopic (exact) mass is 200 g/mol. The van der Waals surface area contributed by atoms with Crippen LogP contribution < -0.4 is 0 Å². The molecule has 0 atom stereocenters. The minimum atomic E-state index is 1.64. The summed E-state index contributed by atoms with van der Waals surface area (Å²) in [5.74, 6) is 0. The molecule has 86 valence electrons. The van der Waals surface area contributed by atoms with Crippen molar-refractivity contribution in [2.75, 3.05) is 0 Å². The first-order valence-electron chi connectivity index (χ1n) is 5.36. The minimum absolute atomic E-state index is 1.64. The second-order valence-corrected chi connectivity index (χ2v) is 1.41. The van der Waals surface area contributed by atoms with E-state index in [-0.39, 0.29) is 0 Å². The molecule has 0 aromatic rings. The number of allylic oxidation sites excluding steroid dienone is 2. The third-order valence-electron chi connectivity index (χ3n) is 0.631. The van der Waals surface area contributed by atoms with Gasteiger partial charge in [0.05, 0.1) is 0 Å². The Labute approximate surface area is 90.8 Å². The Bertz CT molecular complexity index is 99.5. The Balaban J connectivity index is -0.0000000546. The third-order valence-corrected chi connectivity index (χ3v) is 0.631. The lowest BCUT2D eigenvalue weighted by atomic mass is 10.6. The topological polar surface area (TPSA) is 24.7 Å². The van der Waals surface area contributed by atoms with E-state index in [0.29, 0.717) is 0 Å². The van der Waals surface area contributed by atoms with Crippen molar-refractivity contribution in [2.45, 2.75) is 55.4 Å². The van der Waals surface area contributed by atoms with Gasteiger partial charge in [-0.15, -0.1) is 0 Å². The van der Waals surface area contributed by atoms with E-state index < -0.39 is 0 Å². The van der Waals surface area contributed by atoms with E-state index in [4.69, 9.17) is 0 Å². The van der Waals surface area contributed by atoms with Crippen LogP contribution in [0.4, 0.5) is 0 Å². The Morgan fingerprint density at radius 3 is 0.857 bits per heavy atom. The van der Waals surface area contributed by atoms with Gasteiger partial charge in [-0.05, 0) is 27.7 Å². The van der Waals surface area contributed by atoms with Gasteiger partial charge in [-0.1, -0.05) is 39.8 Å². The lowest BCUT2D eigenvalue weighted by molar-refractivity contribution is 1.26. The SMILES string of the molecule is C/C=C\C.C/C=N\N=C/C.CC.CC. The van der Waals surface area contributed by atoms with Crippen molar-refractivity contribution in [2.24, 2.45) is 10.2 Å². The number of hydrogen-bond donors (Lipinski definition) is 0. The van der Waals surface area contributed by atoms with Crippen LogP contribution in [-0.4, -0.2) is 12.4 Å². The largest absolute Gasteiger partial charge is 0.164 e. The first-order chi connectivity index (χ1) is 6.83. The quantitative estimate of drug-likeness (QED) is 0.332.